The number of rotatable bonds is 6. The molecule has 0 spiro atoms. The van der Waals surface area contributed by atoms with E-state index in [9.17, 15) is 5.11 Å². The number of likely N-dealkylation sites (tertiary alicyclic amines) is 1. The quantitative estimate of drug-likeness (QED) is 0.834. The molecular formula is C19H30N2O3. The Morgan fingerprint density at radius 3 is 2.83 bits per heavy atom. The molecule has 0 unspecified atom stereocenters. The highest BCUT2D eigenvalue weighted by Crippen LogP contribution is 2.33. The fraction of sp³-hybridized carbons (Fsp3) is 0.684. The van der Waals surface area contributed by atoms with Gasteiger partial charge in [0.15, 0.2) is 11.5 Å². The van der Waals surface area contributed by atoms with Gasteiger partial charge in [-0.3, -0.25) is 0 Å². The number of ether oxygens (including phenoxy) is 2. The van der Waals surface area contributed by atoms with Crippen LogP contribution in [-0.2, 0) is 6.54 Å². The SMILES string of the molecule is C[C@@H](O)CN1CCC(CNCc2cccc3c2OCCCO3)CC1. The molecule has 1 aromatic rings. The van der Waals surface area contributed by atoms with E-state index in [-0.39, 0.29) is 6.10 Å². The largest absolute Gasteiger partial charge is 0.490 e. The molecule has 0 aromatic heterocycles. The monoisotopic (exact) mass is 334 g/mol. The average molecular weight is 334 g/mol. The zero-order chi connectivity index (χ0) is 16.8. The molecule has 0 bridgehead atoms. The normalized spacial score (nSPS) is 20.6. The average Bonchev–Trinajstić information content (AvgIpc) is 2.82. The lowest BCUT2D eigenvalue weighted by atomic mass is 9.96. The minimum Gasteiger partial charge on any atom is -0.490 e. The number of nitrogens with one attached hydrogen (secondary N) is 1. The molecule has 134 valence electrons. The molecule has 1 fully saturated rings. The first-order valence-corrected chi connectivity index (χ1v) is 9.21. The van der Waals surface area contributed by atoms with Gasteiger partial charge in [0, 0.05) is 25.1 Å². The second-order valence-electron chi connectivity index (χ2n) is 7.02. The van der Waals surface area contributed by atoms with Gasteiger partial charge in [-0.1, -0.05) is 12.1 Å². The first-order chi connectivity index (χ1) is 11.7. The lowest BCUT2D eigenvalue weighted by Gasteiger charge is -2.32. The van der Waals surface area contributed by atoms with Gasteiger partial charge in [-0.2, -0.15) is 0 Å². The molecule has 2 N–H and O–H groups in total. The second kappa shape index (κ2) is 8.70. The van der Waals surface area contributed by atoms with Crippen LogP contribution in [0.4, 0.5) is 0 Å². The first-order valence-electron chi connectivity index (χ1n) is 9.21. The number of benzene rings is 1. The fourth-order valence-electron chi connectivity index (χ4n) is 3.55. The molecule has 1 saturated heterocycles. The van der Waals surface area contributed by atoms with Crippen molar-refractivity contribution in [3.63, 3.8) is 0 Å². The van der Waals surface area contributed by atoms with Crippen molar-refractivity contribution in [2.24, 2.45) is 5.92 Å². The van der Waals surface area contributed by atoms with E-state index in [0.717, 1.165) is 69.8 Å². The van der Waals surface area contributed by atoms with E-state index >= 15 is 0 Å². The highest BCUT2D eigenvalue weighted by molar-refractivity contribution is 5.47. The number of nitrogens with zero attached hydrogens (tertiary/aromatic N) is 1. The third-order valence-corrected chi connectivity index (χ3v) is 4.83. The van der Waals surface area contributed by atoms with Crippen LogP contribution in [0.25, 0.3) is 0 Å². The van der Waals surface area contributed by atoms with Crippen LogP contribution >= 0.6 is 0 Å². The van der Waals surface area contributed by atoms with Crippen LogP contribution in [-0.4, -0.2) is 55.5 Å². The molecule has 5 heteroatoms. The standard InChI is InChI=1S/C19H30N2O3/c1-15(22)14-21-8-6-16(7-9-21)12-20-13-17-4-2-5-18-19(17)24-11-3-10-23-18/h2,4-5,15-16,20,22H,3,6-14H2,1H3/t15-/m1/s1. The molecule has 0 aliphatic carbocycles. The lowest BCUT2D eigenvalue weighted by molar-refractivity contribution is 0.0998. The minimum absolute atomic E-state index is 0.227. The number of hydrogen-bond acceptors (Lipinski definition) is 5. The number of aliphatic hydroxyl groups excluding tert-OH is 1. The van der Waals surface area contributed by atoms with Gasteiger partial charge in [-0.15, -0.1) is 0 Å². The Hall–Kier alpha value is -1.30. The summed E-state index contributed by atoms with van der Waals surface area (Å²) in [4.78, 5) is 2.36. The van der Waals surface area contributed by atoms with Gasteiger partial charge < -0.3 is 24.8 Å². The van der Waals surface area contributed by atoms with Crippen LogP contribution in [0.2, 0.25) is 0 Å². The van der Waals surface area contributed by atoms with E-state index in [0.29, 0.717) is 0 Å². The van der Waals surface area contributed by atoms with E-state index in [1.54, 1.807) is 0 Å². The number of para-hydroxylation sites is 1. The molecule has 2 aliphatic heterocycles. The summed E-state index contributed by atoms with van der Waals surface area (Å²) in [6, 6.07) is 6.15. The Labute approximate surface area is 144 Å². The Bertz CT molecular complexity index is 513. The van der Waals surface area contributed by atoms with Crippen molar-refractivity contribution < 1.29 is 14.6 Å². The van der Waals surface area contributed by atoms with Gasteiger partial charge in [0.05, 0.1) is 19.3 Å². The van der Waals surface area contributed by atoms with E-state index < -0.39 is 0 Å². The molecule has 0 radical (unpaired) electrons. The fourth-order valence-corrected chi connectivity index (χ4v) is 3.55. The molecule has 0 amide bonds. The summed E-state index contributed by atoms with van der Waals surface area (Å²) in [5.74, 6) is 2.50. The maximum Gasteiger partial charge on any atom is 0.165 e. The molecule has 5 nitrogen and oxygen atoms in total. The molecule has 24 heavy (non-hydrogen) atoms. The summed E-state index contributed by atoms with van der Waals surface area (Å²) in [5, 5.41) is 13.1. The van der Waals surface area contributed by atoms with Crippen LogP contribution < -0.4 is 14.8 Å². The maximum absolute atomic E-state index is 9.48. The van der Waals surface area contributed by atoms with Crippen molar-refractivity contribution in [2.75, 3.05) is 39.4 Å². The van der Waals surface area contributed by atoms with Crippen molar-refractivity contribution in [2.45, 2.75) is 38.8 Å². The van der Waals surface area contributed by atoms with Gasteiger partial charge in [-0.25, -0.2) is 0 Å². The third kappa shape index (κ3) is 4.85. The highest BCUT2D eigenvalue weighted by Gasteiger charge is 2.20. The van der Waals surface area contributed by atoms with Crippen LogP contribution in [0.5, 0.6) is 11.5 Å². The zero-order valence-electron chi connectivity index (χ0n) is 14.7. The van der Waals surface area contributed by atoms with E-state index in [1.807, 2.05) is 19.1 Å². The molecule has 1 aromatic carbocycles. The predicted molar refractivity (Wildman–Crippen MR) is 94.6 cm³/mol. The van der Waals surface area contributed by atoms with Crippen molar-refractivity contribution in [3.05, 3.63) is 23.8 Å². The molecule has 1 atom stereocenters. The van der Waals surface area contributed by atoms with Gasteiger partial charge in [0.2, 0.25) is 0 Å². The van der Waals surface area contributed by atoms with Crippen molar-refractivity contribution in [3.8, 4) is 11.5 Å². The minimum atomic E-state index is -0.227. The summed E-state index contributed by atoms with van der Waals surface area (Å²) in [7, 11) is 0. The summed E-state index contributed by atoms with van der Waals surface area (Å²) in [5.41, 5.74) is 1.18. The summed E-state index contributed by atoms with van der Waals surface area (Å²) in [6.45, 7) is 8.16. The highest BCUT2D eigenvalue weighted by atomic mass is 16.5. The van der Waals surface area contributed by atoms with Gasteiger partial charge in [0.25, 0.3) is 0 Å². The summed E-state index contributed by atoms with van der Waals surface area (Å²) < 4.78 is 11.6. The zero-order valence-corrected chi connectivity index (χ0v) is 14.7. The number of piperidine rings is 1. The predicted octanol–water partition coefficient (Wildman–Crippen LogP) is 2.03. The number of β-amino-alcohol motifs (C(OH)–C–C–N with tert-alkyl or cyclic N) is 1. The molecule has 2 aliphatic rings. The first kappa shape index (κ1) is 17.5. The second-order valence-corrected chi connectivity index (χ2v) is 7.02. The van der Waals surface area contributed by atoms with Crippen molar-refractivity contribution in [1.82, 2.24) is 10.2 Å². The summed E-state index contributed by atoms with van der Waals surface area (Å²) in [6.07, 6.45) is 3.11. The van der Waals surface area contributed by atoms with E-state index in [4.69, 9.17) is 9.47 Å². The van der Waals surface area contributed by atoms with Crippen LogP contribution in [0.3, 0.4) is 0 Å². The molecule has 3 rings (SSSR count). The van der Waals surface area contributed by atoms with Crippen molar-refractivity contribution >= 4 is 0 Å². The Morgan fingerprint density at radius 1 is 1.25 bits per heavy atom. The van der Waals surface area contributed by atoms with Gasteiger partial charge in [-0.05, 0) is 51.4 Å². The summed E-state index contributed by atoms with van der Waals surface area (Å²) >= 11 is 0. The maximum atomic E-state index is 9.48. The smallest absolute Gasteiger partial charge is 0.165 e. The Balaban J connectivity index is 1.44. The third-order valence-electron chi connectivity index (χ3n) is 4.83. The van der Waals surface area contributed by atoms with Crippen LogP contribution in [0.15, 0.2) is 18.2 Å². The van der Waals surface area contributed by atoms with Crippen molar-refractivity contribution in [1.29, 1.82) is 0 Å². The lowest BCUT2D eigenvalue weighted by Crippen LogP contribution is -2.40. The Morgan fingerprint density at radius 2 is 2.04 bits per heavy atom. The molecular weight excluding hydrogens is 304 g/mol. The van der Waals surface area contributed by atoms with Gasteiger partial charge >= 0.3 is 0 Å². The number of aliphatic hydroxyl groups is 1. The topological polar surface area (TPSA) is 54.0 Å². The number of fused-ring (bicyclic) bond motifs is 1. The molecule has 0 saturated carbocycles. The van der Waals surface area contributed by atoms with Gasteiger partial charge in [0.1, 0.15) is 0 Å². The number of hydrogen-bond donors (Lipinski definition) is 2. The van der Waals surface area contributed by atoms with E-state index in [1.165, 1.54) is 18.4 Å². The van der Waals surface area contributed by atoms with E-state index in [2.05, 4.69) is 16.3 Å². The molecule has 2 heterocycles. The van der Waals surface area contributed by atoms with Crippen LogP contribution in [0.1, 0.15) is 31.7 Å². The Kier molecular flexibility index (Phi) is 6.35. The van der Waals surface area contributed by atoms with Crippen LogP contribution in [0, 0.1) is 5.92 Å².